The van der Waals surface area contributed by atoms with Crippen LogP contribution in [0.15, 0.2) is 42.7 Å². The van der Waals surface area contributed by atoms with E-state index in [1.165, 1.54) is 4.31 Å². The largest absolute Gasteiger partial charge is 0.493 e. The van der Waals surface area contributed by atoms with Crippen LogP contribution in [0.1, 0.15) is 69.9 Å². The zero-order valence-electron chi connectivity index (χ0n) is 22.4. The zero-order valence-corrected chi connectivity index (χ0v) is 23.2. The van der Waals surface area contributed by atoms with E-state index >= 15 is 0 Å². The van der Waals surface area contributed by atoms with Crippen molar-refractivity contribution in [1.82, 2.24) is 9.29 Å². The first-order valence-electron chi connectivity index (χ1n) is 13.7. The number of rotatable bonds is 6. The van der Waals surface area contributed by atoms with Crippen molar-refractivity contribution < 1.29 is 22.7 Å². The number of carbonyl (C=O) groups is 1. The topological polar surface area (TPSA) is 85.8 Å². The smallest absolute Gasteiger partial charge is 0.268 e. The lowest BCUT2D eigenvalue weighted by Crippen LogP contribution is -2.44. The van der Waals surface area contributed by atoms with Crippen molar-refractivity contribution in [2.45, 2.75) is 70.9 Å². The van der Waals surface area contributed by atoms with Gasteiger partial charge in [-0.25, -0.2) is 12.7 Å². The van der Waals surface area contributed by atoms with E-state index in [1.807, 2.05) is 18.2 Å². The lowest BCUT2D eigenvalue weighted by molar-refractivity contribution is -0.123. The predicted octanol–water partition coefficient (Wildman–Crippen LogP) is 5.32. The standard InChI is InChI=1S/C30H36N2O5S/c1-29(2)22-10-13-30(29)19-38(34,35)32(27(30)18-22)28(33)24(21-11-14-31-15-12-21)16-20-8-9-25(36-3)26(17-20)37-23-6-4-5-7-23/h8-9,11-12,14-17,22-23,27H,4-7,10,13,18-19H2,1-3H3/t22?,27?,30-/m0/s1. The molecule has 3 saturated carbocycles. The fourth-order valence-electron chi connectivity index (χ4n) is 7.70. The van der Waals surface area contributed by atoms with Crippen LogP contribution in [0.25, 0.3) is 11.6 Å². The quantitative estimate of drug-likeness (QED) is 0.465. The van der Waals surface area contributed by atoms with Gasteiger partial charge in [-0.3, -0.25) is 9.78 Å². The number of methoxy groups -OCH3 is 1. The van der Waals surface area contributed by atoms with Gasteiger partial charge in [-0.05, 0) is 97.7 Å². The van der Waals surface area contributed by atoms with Gasteiger partial charge < -0.3 is 9.47 Å². The van der Waals surface area contributed by atoms with Crippen molar-refractivity contribution in [2.24, 2.45) is 16.7 Å². The number of aromatic nitrogens is 1. The molecule has 38 heavy (non-hydrogen) atoms. The molecule has 2 bridgehead atoms. The summed E-state index contributed by atoms with van der Waals surface area (Å²) in [4.78, 5) is 18.4. The van der Waals surface area contributed by atoms with Gasteiger partial charge in [-0.15, -0.1) is 0 Å². The number of hydrogen-bond acceptors (Lipinski definition) is 6. The third kappa shape index (κ3) is 3.86. The second-order valence-electron chi connectivity index (χ2n) is 12.0. The molecule has 0 radical (unpaired) electrons. The van der Waals surface area contributed by atoms with Crippen LogP contribution in [0.4, 0.5) is 0 Å². The van der Waals surface area contributed by atoms with E-state index in [4.69, 9.17) is 9.47 Å². The van der Waals surface area contributed by atoms with E-state index in [1.54, 1.807) is 37.7 Å². The number of benzene rings is 1. The molecular formula is C30H36N2O5S. The minimum Gasteiger partial charge on any atom is -0.493 e. The van der Waals surface area contributed by atoms with Crippen molar-refractivity contribution in [3.63, 3.8) is 0 Å². The molecule has 0 N–H and O–H groups in total. The summed E-state index contributed by atoms with van der Waals surface area (Å²) in [6.07, 6.45) is 12.1. The molecule has 202 valence electrons. The number of pyridine rings is 1. The Morgan fingerprint density at radius 3 is 2.50 bits per heavy atom. The summed E-state index contributed by atoms with van der Waals surface area (Å²) < 4.78 is 40.3. The Labute approximate surface area is 225 Å². The number of sulfonamides is 1. The molecule has 2 aromatic rings. The van der Waals surface area contributed by atoms with Crippen molar-refractivity contribution >= 4 is 27.6 Å². The third-order valence-electron chi connectivity index (χ3n) is 9.93. The minimum absolute atomic E-state index is 0.0471. The van der Waals surface area contributed by atoms with Crippen LogP contribution in [0.2, 0.25) is 0 Å². The summed E-state index contributed by atoms with van der Waals surface area (Å²) >= 11 is 0. The van der Waals surface area contributed by atoms with Gasteiger partial charge in [-0.2, -0.15) is 0 Å². The molecule has 8 heteroatoms. The number of hydrogen-bond donors (Lipinski definition) is 0. The molecule has 1 saturated heterocycles. The Hall–Kier alpha value is -2.87. The van der Waals surface area contributed by atoms with Gasteiger partial charge in [0.15, 0.2) is 11.5 Å². The van der Waals surface area contributed by atoms with E-state index in [9.17, 15) is 13.2 Å². The molecule has 2 unspecified atom stereocenters. The van der Waals surface area contributed by atoms with E-state index in [0.29, 0.717) is 28.6 Å². The first-order valence-corrected chi connectivity index (χ1v) is 15.3. The van der Waals surface area contributed by atoms with Crippen molar-refractivity contribution in [1.29, 1.82) is 0 Å². The molecule has 7 nitrogen and oxygen atoms in total. The Kier molecular flexibility index (Phi) is 6.09. The first kappa shape index (κ1) is 25.4. The van der Waals surface area contributed by atoms with E-state index < -0.39 is 15.9 Å². The number of carbonyl (C=O) groups excluding carboxylic acids is 1. The monoisotopic (exact) mass is 536 g/mol. The molecule has 4 aliphatic rings. The lowest BCUT2D eigenvalue weighted by atomic mass is 9.69. The first-order chi connectivity index (χ1) is 18.2. The van der Waals surface area contributed by atoms with Crippen molar-refractivity contribution in [2.75, 3.05) is 12.9 Å². The molecular weight excluding hydrogens is 500 g/mol. The summed E-state index contributed by atoms with van der Waals surface area (Å²) in [7, 11) is -2.14. The number of fused-ring (bicyclic) bond motifs is 1. The zero-order chi connectivity index (χ0) is 26.7. The van der Waals surface area contributed by atoms with Gasteiger partial charge in [0.1, 0.15) is 0 Å². The summed E-state index contributed by atoms with van der Waals surface area (Å²) in [6.45, 7) is 4.38. The number of ether oxygens (including phenoxy) is 2. The molecule has 1 amide bonds. The van der Waals surface area contributed by atoms with Crippen LogP contribution < -0.4 is 9.47 Å². The minimum atomic E-state index is -3.76. The average molecular weight is 537 g/mol. The van der Waals surface area contributed by atoms with Gasteiger partial charge >= 0.3 is 0 Å². The van der Waals surface area contributed by atoms with Gasteiger partial charge in [0.2, 0.25) is 10.0 Å². The third-order valence-corrected chi connectivity index (χ3v) is 11.8. The molecule has 1 aromatic carbocycles. The lowest BCUT2D eigenvalue weighted by Gasteiger charge is -2.37. The second-order valence-corrected chi connectivity index (χ2v) is 13.8. The highest BCUT2D eigenvalue weighted by molar-refractivity contribution is 7.90. The predicted molar refractivity (Wildman–Crippen MR) is 146 cm³/mol. The Bertz CT molecular complexity index is 1380. The molecule has 1 aromatic heterocycles. The molecule has 2 heterocycles. The molecule has 3 aliphatic carbocycles. The van der Waals surface area contributed by atoms with Gasteiger partial charge in [0, 0.05) is 23.4 Å². The highest BCUT2D eigenvalue weighted by atomic mass is 32.2. The molecule has 3 atom stereocenters. The van der Waals surface area contributed by atoms with E-state index in [2.05, 4.69) is 18.8 Å². The summed E-state index contributed by atoms with van der Waals surface area (Å²) in [6, 6.07) is 8.81. The Morgan fingerprint density at radius 2 is 1.82 bits per heavy atom. The van der Waals surface area contributed by atoms with Crippen molar-refractivity contribution in [3.8, 4) is 11.5 Å². The second kappa shape index (κ2) is 9.11. The Balaban J connectivity index is 1.41. The van der Waals surface area contributed by atoms with Crippen molar-refractivity contribution in [3.05, 3.63) is 53.9 Å². The fraction of sp³-hybridized carbons (Fsp3) is 0.533. The molecule has 1 spiro atoms. The van der Waals surface area contributed by atoms with Gasteiger partial charge in [0.25, 0.3) is 5.91 Å². The van der Waals surface area contributed by atoms with Crippen LogP contribution >= 0.6 is 0 Å². The fourth-order valence-corrected chi connectivity index (χ4v) is 10.2. The highest BCUT2D eigenvalue weighted by Gasteiger charge is 2.72. The maximum absolute atomic E-state index is 14.3. The normalized spacial score (nSPS) is 29.4. The van der Waals surface area contributed by atoms with Gasteiger partial charge in [-0.1, -0.05) is 19.9 Å². The SMILES string of the molecule is COc1ccc(C=C(C(=O)N2C3CC4CC[C@@]3(CS2(=O)=O)C4(C)C)c2ccncc2)cc1OC1CCCC1. The number of nitrogens with zero attached hydrogens (tertiary/aromatic N) is 2. The average Bonchev–Trinajstić information content (AvgIpc) is 3.60. The molecule has 6 rings (SSSR count). The van der Waals surface area contributed by atoms with Crippen LogP contribution in [-0.4, -0.2) is 48.6 Å². The summed E-state index contributed by atoms with van der Waals surface area (Å²) in [5.74, 6) is 1.29. The van der Waals surface area contributed by atoms with Crippen LogP contribution in [0, 0.1) is 16.7 Å². The highest BCUT2D eigenvalue weighted by Crippen LogP contribution is 2.70. The maximum Gasteiger partial charge on any atom is 0.268 e. The Morgan fingerprint density at radius 1 is 1.08 bits per heavy atom. The number of amides is 1. The summed E-state index contributed by atoms with van der Waals surface area (Å²) in [5.41, 5.74) is 1.24. The van der Waals surface area contributed by atoms with Crippen LogP contribution in [0.3, 0.4) is 0 Å². The van der Waals surface area contributed by atoms with Crippen LogP contribution in [-0.2, 0) is 14.8 Å². The summed E-state index contributed by atoms with van der Waals surface area (Å²) in [5, 5.41) is 0. The van der Waals surface area contributed by atoms with E-state index in [0.717, 1.165) is 50.5 Å². The molecule has 4 fully saturated rings. The van der Waals surface area contributed by atoms with Crippen LogP contribution in [0.5, 0.6) is 11.5 Å². The maximum atomic E-state index is 14.3. The van der Waals surface area contributed by atoms with Gasteiger partial charge in [0.05, 0.1) is 25.0 Å². The van der Waals surface area contributed by atoms with E-state index in [-0.39, 0.29) is 28.7 Å². The molecule has 1 aliphatic heterocycles.